The van der Waals surface area contributed by atoms with E-state index in [9.17, 15) is 4.79 Å². The summed E-state index contributed by atoms with van der Waals surface area (Å²) in [5.41, 5.74) is 3.19. The number of nitrogens with zero attached hydrogens (tertiary/aromatic N) is 3. The Balaban J connectivity index is 1.50. The van der Waals surface area contributed by atoms with Gasteiger partial charge in [-0.05, 0) is 76.1 Å². The lowest BCUT2D eigenvalue weighted by Crippen LogP contribution is -2.42. The third kappa shape index (κ3) is 6.17. The van der Waals surface area contributed by atoms with E-state index in [1.165, 1.54) is 11.1 Å². The van der Waals surface area contributed by atoms with Crippen LogP contribution in [0.1, 0.15) is 62.0 Å². The highest BCUT2D eigenvalue weighted by molar-refractivity contribution is 5.68. The lowest BCUT2D eigenvalue weighted by atomic mass is 9.93. The Morgan fingerprint density at radius 1 is 1.21 bits per heavy atom. The lowest BCUT2D eigenvalue weighted by molar-refractivity contribution is 0.0183. The van der Waals surface area contributed by atoms with E-state index >= 15 is 0 Å². The highest BCUT2D eigenvalue weighted by Crippen LogP contribution is 2.22. The number of carbonyl (C=O) groups is 1. The molecule has 2 aromatic rings. The number of rotatable bonds is 4. The summed E-state index contributed by atoms with van der Waals surface area (Å²) >= 11 is 0. The predicted octanol–water partition coefficient (Wildman–Crippen LogP) is 5.05. The van der Waals surface area contributed by atoms with Crippen LogP contribution in [0, 0.1) is 19.8 Å². The molecule has 156 valence electrons. The first-order valence-corrected chi connectivity index (χ1v) is 10.3. The van der Waals surface area contributed by atoms with Gasteiger partial charge in [-0.25, -0.2) is 4.79 Å². The molecule has 0 radical (unpaired) electrons. The van der Waals surface area contributed by atoms with Crippen LogP contribution in [0.4, 0.5) is 4.79 Å². The van der Waals surface area contributed by atoms with Crippen molar-refractivity contribution in [2.24, 2.45) is 5.92 Å². The zero-order valence-corrected chi connectivity index (χ0v) is 18.1. The summed E-state index contributed by atoms with van der Waals surface area (Å²) in [5.74, 6) is 1.69. The predicted molar refractivity (Wildman–Crippen MR) is 113 cm³/mol. The van der Waals surface area contributed by atoms with Crippen LogP contribution in [0.3, 0.4) is 0 Å². The summed E-state index contributed by atoms with van der Waals surface area (Å²) in [7, 11) is 0. The number of likely N-dealkylation sites (tertiary alicyclic amines) is 1. The molecule has 29 heavy (non-hydrogen) atoms. The molecule has 1 amide bonds. The second-order valence-corrected chi connectivity index (χ2v) is 8.84. The van der Waals surface area contributed by atoms with Crippen molar-refractivity contribution in [3.63, 3.8) is 0 Å². The van der Waals surface area contributed by atoms with Gasteiger partial charge in [0.05, 0.1) is 0 Å². The van der Waals surface area contributed by atoms with Crippen LogP contribution >= 0.6 is 0 Å². The number of hydrogen-bond donors (Lipinski definition) is 0. The second kappa shape index (κ2) is 8.80. The molecule has 3 rings (SSSR count). The van der Waals surface area contributed by atoms with Crippen LogP contribution in [0.25, 0.3) is 12.2 Å². The molecule has 0 aliphatic carbocycles. The van der Waals surface area contributed by atoms with Gasteiger partial charge in [0, 0.05) is 25.6 Å². The molecule has 0 saturated carbocycles. The molecular formula is C23H31N3O3. The summed E-state index contributed by atoms with van der Waals surface area (Å²) in [4.78, 5) is 18.4. The fourth-order valence-electron chi connectivity index (χ4n) is 3.36. The Kier molecular flexibility index (Phi) is 6.40. The standard InChI is InChI=1S/C23H31N3O3/c1-16-6-7-18(14-17(16)2)8-9-21-24-20(25-29-21)15-19-10-12-26(13-11-19)22(27)28-23(3,4)5/h6-9,14,19H,10-13,15H2,1-5H3/b9-8+. The van der Waals surface area contributed by atoms with Gasteiger partial charge in [-0.3, -0.25) is 0 Å². The molecule has 1 aliphatic heterocycles. The van der Waals surface area contributed by atoms with Gasteiger partial charge < -0.3 is 14.2 Å². The Morgan fingerprint density at radius 2 is 1.93 bits per heavy atom. The number of aromatic nitrogens is 2. The first-order chi connectivity index (χ1) is 13.7. The van der Waals surface area contributed by atoms with Crippen LogP contribution in [-0.2, 0) is 11.2 Å². The molecule has 1 aromatic carbocycles. The van der Waals surface area contributed by atoms with E-state index < -0.39 is 5.60 Å². The molecule has 2 heterocycles. The van der Waals surface area contributed by atoms with Gasteiger partial charge in [-0.15, -0.1) is 0 Å². The Labute approximate surface area is 172 Å². The van der Waals surface area contributed by atoms with Crippen LogP contribution in [0.15, 0.2) is 22.7 Å². The van der Waals surface area contributed by atoms with E-state index in [0.29, 0.717) is 24.9 Å². The van der Waals surface area contributed by atoms with Crippen molar-refractivity contribution in [1.82, 2.24) is 15.0 Å². The first kappa shape index (κ1) is 21.1. The molecule has 0 spiro atoms. The second-order valence-electron chi connectivity index (χ2n) is 8.84. The molecular weight excluding hydrogens is 366 g/mol. The van der Waals surface area contributed by atoms with E-state index in [1.54, 1.807) is 4.90 Å². The number of ether oxygens (including phenoxy) is 1. The van der Waals surface area contributed by atoms with Crippen molar-refractivity contribution < 1.29 is 14.1 Å². The lowest BCUT2D eigenvalue weighted by Gasteiger charge is -2.33. The van der Waals surface area contributed by atoms with Crippen molar-refractivity contribution >= 4 is 18.2 Å². The van der Waals surface area contributed by atoms with Crippen LogP contribution < -0.4 is 0 Å². The number of piperidine rings is 1. The average Bonchev–Trinajstić information content (AvgIpc) is 3.09. The van der Waals surface area contributed by atoms with Gasteiger partial charge in [-0.1, -0.05) is 23.4 Å². The smallest absolute Gasteiger partial charge is 0.410 e. The van der Waals surface area contributed by atoms with Gasteiger partial charge in [0.15, 0.2) is 5.82 Å². The average molecular weight is 398 g/mol. The van der Waals surface area contributed by atoms with Gasteiger partial charge >= 0.3 is 6.09 Å². The number of amides is 1. The number of carbonyl (C=O) groups excluding carboxylic acids is 1. The molecule has 6 nitrogen and oxygen atoms in total. The van der Waals surface area contributed by atoms with E-state index in [2.05, 4.69) is 42.2 Å². The van der Waals surface area contributed by atoms with Crippen molar-refractivity contribution in [3.05, 3.63) is 46.6 Å². The Morgan fingerprint density at radius 3 is 2.59 bits per heavy atom. The summed E-state index contributed by atoms with van der Waals surface area (Å²) in [6.45, 7) is 11.3. The quantitative estimate of drug-likeness (QED) is 0.722. The molecule has 0 atom stereocenters. The third-order valence-electron chi connectivity index (χ3n) is 5.17. The van der Waals surface area contributed by atoms with E-state index in [0.717, 1.165) is 30.7 Å². The maximum atomic E-state index is 12.2. The minimum Gasteiger partial charge on any atom is -0.444 e. The van der Waals surface area contributed by atoms with Crippen LogP contribution in [0.5, 0.6) is 0 Å². The maximum Gasteiger partial charge on any atom is 0.410 e. The summed E-state index contributed by atoms with van der Waals surface area (Å²) in [5, 5.41) is 4.11. The summed E-state index contributed by atoms with van der Waals surface area (Å²) < 4.78 is 10.8. The Hall–Kier alpha value is -2.63. The zero-order chi connectivity index (χ0) is 21.0. The van der Waals surface area contributed by atoms with E-state index in [4.69, 9.17) is 9.26 Å². The maximum absolute atomic E-state index is 12.2. The molecule has 1 aliphatic rings. The topological polar surface area (TPSA) is 68.5 Å². The van der Waals surface area contributed by atoms with Crippen LogP contribution in [-0.4, -0.2) is 39.8 Å². The molecule has 1 fully saturated rings. The van der Waals surface area contributed by atoms with Crippen molar-refractivity contribution in [2.45, 2.75) is 59.5 Å². The number of benzene rings is 1. The third-order valence-corrected chi connectivity index (χ3v) is 5.17. The van der Waals surface area contributed by atoms with Gasteiger partial charge in [0.1, 0.15) is 5.60 Å². The van der Waals surface area contributed by atoms with Crippen molar-refractivity contribution in [3.8, 4) is 0 Å². The molecule has 0 N–H and O–H groups in total. The largest absolute Gasteiger partial charge is 0.444 e. The van der Waals surface area contributed by atoms with E-state index in [1.807, 2.05) is 32.9 Å². The summed E-state index contributed by atoms with van der Waals surface area (Å²) in [6.07, 6.45) is 6.22. The monoisotopic (exact) mass is 397 g/mol. The summed E-state index contributed by atoms with van der Waals surface area (Å²) in [6, 6.07) is 6.33. The highest BCUT2D eigenvalue weighted by Gasteiger charge is 2.27. The number of aryl methyl sites for hydroxylation is 2. The van der Waals surface area contributed by atoms with Gasteiger partial charge in [0.2, 0.25) is 0 Å². The van der Waals surface area contributed by atoms with Crippen molar-refractivity contribution in [1.29, 1.82) is 0 Å². The normalized spacial score (nSPS) is 15.8. The molecule has 0 bridgehead atoms. The Bertz CT molecular complexity index is 872. The zero-order valence-electron chi connectivity index (χ0n) is 18.1. The van der Waals surface area contributed by atoms with Crippen molar-refractivity contribution in [2.75, 3.05) is 13.1 Å². The molecule has 6 heteroatoms. The van der Waals surface area contributed by atoms with E-state index in [-0.39, 0.29) is 6.09 Å². The fourth-order valence-corrected chi connectivity index (χ4v) is 3.36. The van der Waals surface area contributed by atoms with Gasteiger partial charge in [0.25, 0.3) is 5.89 Å². The fraction of sp³-hybridized carbons (Fsp3) is 0.522. The molecule has 1 aromatic heterocycles. The van der Waals surface area contributed by atoms with Crippen LogP contribution in [0.2, 0.25) is 0 Å². The SMILES string of the molecule is Cc1ccc(/C=C/c2nc(CC3CCN(C(=O)OC(C)(C)C)CC3)no2)cc1C. The minimum atomic E-state index is -0.459. The first-order valence-electron chi connectivity index (χ1n) is 10.3. The number of hydrogen-bond acceptors (Lipinski definition) is 5. The van der Waals surface area contributed by atoms with Gasteiger partial charge in [-0.2, -0.15) is 4.98 Å². The molecule has 0 unspecified atom stereocenters. The minimum absolute atomic E-state index is 0.228. The molecule has 1 saturated heterocycles. The highest BCUT2D eigenvalue weighted by atomic mass is 16.6.